The predicted molar refractivity (Wildman–Crippen MR) is 135 cm³/mol. The number of rotatable bonds is 4. The second-order valence-corrected chi connectivity index (χ2v) is 10.8. The predicted octanol–water partition coefficient (Wildman–Crippen LogP) is 1.28. The molecule has 0 aromatic heterocycles. The van der Waals surface area contributed by atoms with Crippen molar-refractivity contribution in [3.8, 4) is 17.2 Å². The van der Waals surface area contributed by atoms with Crippen LogP contribution in [0.5, 0.6) is 17.2 Å². The van der Waals surface area contributed by atoms with Crippen molar-refractivity contribution in [2.24, 2.45) is 5.73 Å². The molecule has 204 valence electrons. The summed E-state index contributed by atoms with van der Waals surface area (Å²) in [6, 6.07) is 3.99. The largest absolute Gasteiger partial charge is 0.507 e. The topological polar surface area (TPSA) is 180 Å². The Balaban J connectivity index is 1.68. The Labute approximate surface area is 219 Å². The maximum absolute atomic E-state index is 13.7. The molecule has 7 atom stereocenters. The minimum Gasteiger partial charge on any atom is -0.507 e. The van der Waals surface area contributed by atoms with Gasteiger partial charge in [0.1, 0.15) is 17.2 Å². The van der Waals surface area contributed by atoms with Crippen molar-refractivity contribution in [2.45, 2.75) is 81.5 Å². The summed E-state index contributed by atoms with van der Waals surface area (Å²) in [6.45, 7) is 3.13. The number of carbonyl (C=O) groups excluding carboxylic acids is 2. The highest BCUT2D eigenvalue weighted by Crippen LogP contribution is 2.53. The number of fused-ring (bicyclic) bond motifs is 3. The minimum absolute atomic E-state index is 0.000561. The highest BCUT2D eigenvalue weighted by molar-refractivity contribution is 6.31. The molecule has 10 nitrogen and oxygen atoms in total. The lowest BCUT2D eigenvalue weighted by Gasteiger charge is -2.44. The number of aliphatic hydroxyl groups excluding tert-OH is 2. The highest BCUT2D eigenvalue weighted by atomic mass is 16.5. The van der Waals surface area contributed by atoms with Crippen molar-refractivity contribution in [2.75, 3.05) is 7.11 Å². The van der Waals surface area contributed by atoms with E-state index >= 15 is 0 Å². The van der Waals surface area contributed by atoms with E-state index in [-0.39, 0.29) is 58.4 Å². The summed E-state index contributed by atoms with van der Waals surface area (Å²) in [5.74, 6) is -2.78. The number of methoxy groups -OCH3 is 1. The second-order valence-electron chi connectivity index (χ2n) is 10.8. The molecule has 1 saturated heterocycles. The third-order valence-corrected chi connectivity index (χ3v) is 8.44. The number of ketones is 2. The highest BCUT2D eigenvalue weighted by Gasteiger charge is 2.48. The van der Waals surface area contributed by atoms with Gasteiger partial charge in [-0.1, -0.05) is 12.1 Å². The average molecular weight is 528 g/mol. The number of phenolic OH excluding ortho intramolecular Hbond substituents is 2. The van der Waals surface area contributed by atoms with Crippen LogP contribution in [0.25, 0.3) is 0 Å². The molecule has 3 aliphatic rings. The molecule has 0 bridgehead atoms. The zero-order chi connectivity index (χ0) is 27.7. The summed E-state index contributed by atoms with van der Waals surface area (Å²) in [5, 5.41) is 55.0. The lowest BCUT2D eigenvalue weighted by atomic mass is 9.67. The lowest BCUT2D eigenvalue weighted by Crippen LogP contribution is -2.52. The summed E-state index contributed by atoms with van der Waals surface area (Å²) in [5.41, 5.74) is 4.13. The Morgan fingerprint density at radius 2 is 1.84 bits per heavy atom. The first-order valence-corrected chi connectivity index (χ1v) is 12.8. The van der Waals surface area contributed by atoms with Crippen LogP contribution >= 0.6 is 0 Å². The van der Waals surface area contributed by atoms with Gasteiger partial charge >= 0.3 is 0 Å². The van der Waals surface area contributed by atoms with Gasteiger partial charge < -0.3 is 40.7 Å². The van der Waals surface area contributed by atoms with Gasteiger partial charge in [-0.15, -0.1) is 0 Å². The number of aromatic hydroxyl groups is 2. The third kappa shape index (κ3) is 3.90. The summed E-state index contributed by atoms with van der Waals surface area (Å²) in [7, 11) is 1.37. The van der Waals surface area contributed by atoms with E-state index in [1.165, 1.54) is 26.2 Å². The number of nitrogens with two attached hydrogens (primary N) is 1. The van der Waals surface area contributed by atoms with Crippen LogP contribution in [-0.4, -0.2) is 80.3 Å². The molecule has 1 aliphatic heterocycles. The number of ether oxygens (including phenoxy) is 2. The van der Waals surface area contributed by atoms with E-state index < -0.39 is 65.0 Å². The molecular weight excluding hydrogens is 494 g/mol. The third-order valence-electron chi connectivity index (χ3n) is 8.44. The van der Waals surface area contributed by atoms with E-state index in [1.807, 2.05) is 0 Å². The zero-order valence-corrected chi connectivity index (χ0v) is 21.5. The molecule has 0 radical (unpaired) electrons. The van der Waals surface area contributed by atoms with Crippen molar-refractivity contribution in [3.63, 3.8) is 0 Å². The number of benzene rings is 2. The molecule has 0 saturated carbocycles. The van der Waals surface area contributed by atoms with Crippen LogP contribution in [0.15, 0.2) is 18.2 Å². The normalized spacial score (nSPS) is 31.3. The van der Waals surface area contributed by atoms with Crippen LogP contribution in [0, 0.1) is 0 Å². The first-order chi connectivity index (χ1) is 17.9. The number of carbonyl (C=O) groups is 2. The molecule has 5 unspecified atom stereocenters. The minimum atomic E-state index is -1.68. The summed E-state index contributed by atoms with van der Waals surface area (Å²) >= 11 is 0. The summed E-state index contributed by atoms with van der Waals surface area (Å²) in [4.78, 5) is 27.2. The first-order valence-electron chi connectivity index (χ1n) is 12.8. The maximum Gasteiger partial charge on any atom is 0.202 e. The van der Waals surface area contributed by atoms with Gasteiger partial charge in [-0.2, -0.15) is 0 Å². The molecule has 0 spiro atoms. The summed E-state index contributed by atoms with van der Waals surface area (Å²) in [6.07, 6.45) is -2.77. The molecule has 7 N–H and O–H groups in total. The molecule has 2 aromatic rings. The van der Waals surface area contributed by atoms with Crippen LogP contribution in [-0.2, 0) is 11.2 Å². The standard InChI is InChI=1S/C28H33NO9/c1-11-23(31)17(29)8-14(38-11)7-13-9-28(36,12(2)30)10-16-19(13)26(34)22-21(25(16)33)24(32)15-5-4-6-18(37-3)20(15)27(22)35/h4-6,11-14,17,23,30-31,33-34,36H,7-10,29H2,1-3H3/t11?,12-,13-,14?,17?,23?,28?/m0/s1. The molecule has 1 heterocycles. The van der Waals surface area contributed by atoms with E-state index in [1.54, 1.807) is 13.0 Å². The van der Waals surface area contributed by atoms with Crippen LogP contribution in [0.2, 0.25) is 0 Å². The molecule has 2 aromatic carbocycles. The van der Waals surface area contributed by atoms with Gasteiger partial charge in [0, 0.05) is 29.2 Å². The number of phenols is 2. The Morgan fingerprint density at radius 3 is 2.47 bits per heavy atom. The van der Waals surface area contributed by atoms with Crippen LogP contribution in [0.1, 0.15) is 82.0 Å². The van der Waals surface area contributed by atoms with E-state index in [4.69, 9.17) is 15.2 Å². The van der Waals surface area contributed by atoms with Gasteiger partial charge in [-0.25, -0.2) is 0 Å². The Bertz CT molecular complexity index is 1310. The SMILES string of the molecule is COc1cccc2c1C(=O)c1c(O)c3c(c(O)c1C2=O)CC(O)([C@H](C)O)C[C@@H]3CC1CC(N)C(O)C(C)O1. The number of hydrogen-bond donors (Lipinski definition) is 6. The van der Waals surface area contributed by atoms with Crippen LogP contribution < -0.4 is 10.5 Å². The second kappa shape index (κ2) is 9.32. The van der Waals surface area contributed by atoms with Crippen LogP contribution in [0.3, 0.4) is 0 Å². The maximum atomic E-state index is 13.7. The van der Waals surface area contributed by atoms with Crippen molar-refractivity contribution in [1.82, 2.24) is 0 Å². The molecular formula is C28H33NO9. The van der Waals surface area contributed by atoms with Crippen molar-refractivity contribution in [1.29, 1.82) is 0 Å². The molecule has 0 amide bonds. The van der Waals surface area contributed by atoms with E-state index in [2.05, 4.69) is 0 Å². The fourth-order valence-electron chi connectivity index (χ4n) is 6.36. The van der Waals surface area contributed by atoms with E-state index in [0.29, 0.717) is 6.42 Å². The van der Waals surface area contributed by atoms with Gasteiger partial charge in [0.25, 0.3) is 0 Å². The van der Waals surface area contributed by atoms with Gasteiger partial charge in [0.15, 0.2) is 5.78 Å². The molecule has 5 rings (SSSR count). The smallest absolute Gasteiger partial charge is 0.202 e. The van der Waals surface area contributed by atoms with Crippen molar-refractivity contribution >= 4 is 11.6 Å². The fraction of sp³-hybridized carbons (Fsp3) is 0.500. The van der Waals surface area contributed by atoms with Gasteiger partial charge in [0.2, 0.25) is 5.78 Å². The molecule has 10 heteroatoms. The van der Waals surface area contributed by atoms with Crippen molar-refractivity contribution in [3.05, 3.63) is 51.6 Å². The molecule has 38 heavy (non-hydrogen) atoms. The number of hydrogen-bond acceptors (Lipinski definition) is 10. The molecule has 1 fully saturated rings. The summed E-state index contributed by atoms with van der Waals surface area (Å²) < 4.78 is 11.3. The lowest BCUT2D eigenvalue weighted by molar-refractivity contribution is -0.126. The monoisotopic (exact) mass is 527 g/mol. The fourth-order valence-corrected chi connectivity index (χ4v) is 6.36. The quantitative estimate of drug-likeness (QED) is 0.271. The zero-order valence-electron chi connectivity index (χ0n) is 21.5. The van der Waals surface area contributed by atoms with Gasteiger partial charge in [-0.3, -0.25) is 9.59 Å². The number of aliphatic hydroxyl groups is 3. The van der Waals surface area contributed by atoms with Gasteiger partial charge in [-0.05, 0) is 45.1 Å². The molecule has 2 aliphatic carbocycles. The average Bonchev–Trinajstić information content (AvgIpc) is 2.87. The van der Waals surface area contributed by atoms with E-state index in [0.717, 1.165) is 0 Å². The van der Waals surface area contributed by atoms with Crippen molar-refractivity contribution < 1.29 is 44.6 Å². The van der Waals surface area contributed by atoms with E-state index in [9.17, 15) is 35.1 Å². The first kappa shape index (κ1) is 26.6. The van der Waals surface area contributed by atoms with Crippen LogP contribution in [0.4, 0.5) is 0 Å². The Hall–Kier alpha value is -3.02. The Kier molecular flexibility index (Phi) is 6.52. The van der Waals surface area contributed by atoms with Gasteiger partial charge in [0.05, 0.1) is 53.8 Å². The Morgan fingerprint density at radius 1 is 1.16 bits per heavy atom.